The van der Waals surface area contributed by atoms with Crippen molar-refractivity contribution in [2.75, 3.05) is 5.32 Å². The Bertz CT molecular complexity index is 633. The number of anilines is 1. The van der Waals surface area contributed by atoms with Crippen molar-refractivity contribution in [3.63, 3.8) is 0 Å². The summed E-state index contributed by atoms with van der Waals surface area (Å²) < 4.78 is 43.0. The van der Waals surface area contributed by atoms with E-state index in [0.717, 1.165) is 12.1 Å². The molecular weight excluding hydrogens is 349 g/mol. The average Bonchev–Trinajstić information content (AvgIpc) is 2.43. The van der Waals surface area contributed by atoms with Crippen LogP contribution in [0.5, 0.6) is 0 Å². The predicted molar refractivity (Wildman–Crippen MR) is 92.8 cm³/mol. The molecule has 5 nitrogen and oxygen atoms in total. The van der Waals surface area contributed by atoms with E-state index in [2.05, 4.69) is 10.3 Å². The first-order chi connectivity index (χ1) is 11.8. The van der Waals surface area contributed by atoms with Crippen LogP contribution in [0.4, 0.5) is 18.9 Å². The zero-order valence-corrected chi connectivity index (χ0v) is 15.6. The number of hydrogen-bond donors (Lipinski definition) is 3. The van der Waals surface area contributed by atoms with Gasteiger partial charge in [-0.3, -0.25) is 0 Å². The molecule has 1 atom stereocenters. The summed E-state index contributed by atoms with van der Waals surface area (Å²) in [6, 6.07) is 2.93. The molecular formula is C18H26F3N2O3+. The van der Waals surface area contributed by atoms with E-state index in [-0.39, 0.29) is 11.6 Å². The highest BCUT2D eigenvalue weighted by Gasteiger charge is 2.31. The lowest BCUT2D eigenvalue weighted by atomic mass is 10.0. The third-order valence-electron chi connectivity index (χ3n) is 3.18. The Labute approximate surface area is 151 Å². The van der Waals surface area contributed by atoms with Crippen LogP contribution in [-0.4, -0.2) is 28.7 Å². The van der Waals surface area contributed by atoms with Gasteiger partial charge in [-0.05, 0) is 51.0 Å². The summed E-state index contributed by atoms with van der Waals surface area (Å²) in [6.07, 6.45) is -4.02. The number of alkyl halides is 3. The van der Waals surface area contributed by atoms with Crippen molar-refractivity contribution in [1.29, 1.82) is 0 Å². The van der Waals surface area contributed by atoms with Gasteiger partial charge in [-0.2, -0.15) is 13.2 Å². The van der Waals surface area contributed by atoms with Gasteiger partial charge in [0.25, 0.3) is 0 Å². The zero-order valence-electron chi connectivity index (χ0n) is 15.6. The van der Waals surface area contributed by atoms with E-state index in [1.165, 1.54) is 12.1 Å². The predicted octanol–water partition coefficient (Wildman–Crippen LogP) is 2.87. The largest absolute Gasteiger partial charge is 0.457 e. The maximum absolute atomic E-state index is 12.6. The number of nitrogens with one attached hydrogen (secondary N) is 2. The molecule has 1 aromatic carbocycles. The normalized spacial score (nSPS) is 14.3. The summed E-state index contributed by atoms with van der Waals surface area (Å²) in [7, 11) is 0. The van der Waals surface area contributed by atoms with Crippen LogP contribution in [0.3, 0.4) is 0 Å². The number of amidine groups is 1. The van der Waals surface area contributed by atoms with Crippen LogP contribution >= 0.6 is 0 Å². The number of esters is 1. The molecule has 8 heteroatoms. The summed E-state index contributed by atoms with van der Waals surface area (Å²) in [5.74, 6) is -0.370. The van der Waals surface area contributed by atoms with Crippen LogP contribution in [0, 0.1) is 5.92 Å². The second kappa shape index (κ2) is 8.42. The van der Waals surface area contributed by atoms with E-state index in [1.807, 2.05) is 13.8 Å². The van der Waals surface area contributed by atoms with Crippen molar-refractivity contribution in [2.45, 2.75) is 58.9 Å². The number of benzene rings is 1. The van der Waals surface area contributed by atoms with E-state index in [1.54, 1.807) is 20.8 Å². The highest BCUT2D eigenvalue weighted by molar-refractivity contribution is 5.84. The van der Waals surface area contributed by atoms with Gasteiger partial charge in [0.1, 0.15) is 11.3 Å². The Morgan fingerprint density at radius 1 is 1.19 bits per heavy atom. The number of carbonyl (C=O) groups is 1. The second-order valence-corrected chi connectivity index (χ2v) is 7.41. The molecule has 0 saturated carbocycles. The fourth-order valence-electron chi connectivity index (χ4n) is 2.14. The maximum Gasteiger partial charge on any atom is 0.445 e. The summed E-state index contributed by atoms with van der Waals surface area (Å²) >= 11 is 0. The van der Waals surface area contributed by atoms with Crippen LogP contribution in [0.2, 0.25) is 0 Å². The summed E-state index contributed by atoms with van der Waals surface area (Å²) in [5, 5.41) is 12.6. The molecule has 0 aromatic heterocycles. The van der Waals surface area contributed by atoms with Crippen LogP contribution in [0.1, 0.15) is 46.6 Å². The minimum absolute atomic E-state index is 0.152. The molecule has 0 radical (unpaired) electrons. The summed E-state index contributed by atoms with van der Waals surface area (Å²) in [5.41, 5.74) is -1.22. The molecule has 1 aromatic rings. The molecule has 0 unspecified atom stereocenters. The van der Waals surface area contributed by atoms with E-state index in [0.29, 0.717) is 6.42 Å². The SMILES string of the molecule is CC(C)C[C@H]([NH+]=C(O)Nc1ccc(C(F)(F)F)cc1)C(=O)OC(C)(C)C. The van der Waals surface area contributed by atoms with E-state index in [4.69, 9.17) is 4.74 Å². The fourth-order valence-corrected chi connectivity index (χ4v) is 2.14. The average molecular weight is 375 g/mol. The van der Waals surface area contributed by atoms with Gasteiger partial charge >= 0.3 is 18.2 Å². The van der Waals surface area contributed by atoms with Crippen molar-refractivity contribution < 1.29 is 32.8 Å². The molecule has 3 N–H and O–H groups in total. The molecule has 0 aliphatic carbocycles. The quantitative estimate of drug-likeness (QED) is 0.420. The van der Waals surface area contributed by atoms with E-state index >= 15 is 0 Å². The number of halogens is 3. The fraction of sp³-hybridized carbons (Fsp3) is 0.556. The first-order valence-corrected chi connectivity index (χ1v) is 8.27. The Balaban J connectivity index is 2.89. The maximum atomic E-state index is 12.6. The van der Waals surface area contributed by atoms with Gasteiger partial charge in [0, 0.05) is 6.42 Å². The second-order valence-electron chi connectivity index (χ2n) is 7.41. The molecule has 0 aliphatic heterocycles. The molecule has 0 saturated heterocycles. The lowest BCUT2D eigenvalue weighted by Crippen LogP contribution is -2.84. The molecule has 26 heavy (non-hydrogen) atoms. The van der Waals surface area contributed by atoms with Gasteiger partial charge in [-0.15, -0.1) is 0 Å². The van der Waals surface area contributed by atoms with Crippen LogP contribution in [0.15, 0.2) is 24.3 Å². The number of aliphatic hydroxyl groups is 1. The topological polar surface area (TPSA) is 72.5 Å². The first-order valence-electron chi connectivity index (χ1n) is 8.27. The minimum Gasteiger partial charge on any atom is -0.457 e. The van der Waals surface area contributed by atoms with E-state index < -0.39 is 35.4 Å². The smallest absolute Gasteiger partial charge is 0.445 e. The van der Waals surface area contributed by atoms with Crippen molar-refractivity contribution in [3.05, 3.63) is 29.8 Å². The third-order valence-corrected chi connectivity index (χ3v) is 3.18. The number of aliphatic hydroxyl groups excluding tert-OH is 1. The van der Waals surface area contributed by atoms with Gasteiger partial charge in [-0.1, -0.05) is 13.8 Å². The lowest BCUT2D eigenvalue weighted by Gasteiger charge is -2.22. The van der Waals surface area contributed by atoms with Gasteiger partial charge in [0.15, 0.2) is 6.04 Å². The monoisotopic (exact) mass is 375 g/mol. The lowest BCUT2D eigenvalue weighted by molar-refractivity contribution is -0.501. The molecule has 0 bridgehead atoms. The summed E-state index contributed by atoms with van der Waals surface area (Å²) in [4.78, 5) is 14.9. The molecule has 1 rings (SSSR count). The van der Waals surface area contributed by atoms with Crippen LogP contribution in [0.25, 0.3) is 0 Å². The summed E-state index contributed by atoms with van der Waals surface area (Å²) in [6.45, 7) is 9.04. The van der Waals surface area contributed by atoms with Crippen molar-refractivity contribution in [2.24, 2.45) is 5.92 Å². The Morgan fingerprint density at radius 2 is 1.73 bits per heavy atom. The third kappa shape index (κ3) is 7.76. The van der Waals surface area contributed by atoms with Gasteiger partial charge in [0.2, 0.25) is 0 Å². The van der Waals surface area contributed by atoms with Crippen molar-refractivity contribution in [1.82, 2.24) is 0 Å². The molecule has 0 fully saturated rings. The zero-order chi connectivity index (χ0) is 20.1. The number of ether oxygens (including phenoxy) is 1. The number of hydrogen-bond acceptors (Lipinski definition) is 2. The Kier molecular flexibility index (Phi) is 7.06. The Hall–Kier alpha value is -2.25. The number of rotatable bonds is 5. The molecule has 0 spiro atoms. The highest BCUT2D eigenvalue weighted by atomic mass is 19.4. The molecule has 0 amide bonds. The van der Waals surface area contributed by atoms with Gasteiger partial charge in [0.05, 0.1) is 5.56 Å². The van der Waals surface area contributed by atoms with E-state index in [9.17, 15) is 23.1 Å². The van der Waals surface area contributed by atoms with Crippen molar-refractivity contribution >= 4 is 17.7 Å². The van der Waals surface area contributed by atoms with Crippen LogP contribution in [-0.2, 0) is 15.7 Å². The van der Waals surface area contributed by atoms with Crippen LogP contribution < -0.4 is 10.3 Å². The minimum atomic E-state index is -4.43. The Morgan fingerprint density at radius 3 is 2.15 bits per heavy atom. The molecule has 0 aliphatic rings. The number of carbonyl (C=O) groups excluding carboxylic acids is 1. The first kappa shape index (κ1) is 21.8. The molecule has 0 heterocycles. The highest BCUT2D eigenvalue weighted by Crippen LogP contribution is 2.29. The molecule has 146 valence electrons. The van der Waals surface area contributed by atoms with Crippen molar-refractivity contribution in [3.8, 4) is 0 Å². The van der Waals surface area contributed by atoms with Gasteiger partial charge in [-0.25, -0.2) is 15.1 Å². The van der Waals surface area contributed by atoms with Gasteiger partial charge < -0.3 is 9.84 Å². The standard InChI is InChI=1S/C18H25F3N2O3/c1-11(2)10-14(15(24)26-17(3,4)5)23-16(25)22-13-8-6-12(7-9-13)18(19,20)21/h6-9,11,14H,10H2,1-5H3,(H2,22,23,25)/p+1/t14-/m0/s1.